The van der Waals surface area contributed by atoms with Crippen molar-refractivity contribution in [3.8, 4) is 5.75 Å². The maximum absolute atomic E-state index is 12.4. The molecule has 0 aliphatic rings. The minimum atomic E-state index is -0.603. The van der Waals surface area contributed by atoms with Crippen molar-refractivity contribution in [3.63, 3.8) is 0 Å². The van der Waals surface area contributed by atoms with Gasteiger partial charge in [-0.1, -0.05) is 34.1 Å². The van der Waals surface area contributed by atoms with Crippen LogP contribution in [-0.4, -0.2) is 15.7 Å². The molecule has 6 heteroatoms. The highest BCUT2D eigenvalue weighted by Gasteiger charge is 2.17. The monoisotopic (exact) mass is 358 g/mol. The second kappa shape index (κ2) is 5.73. The number of benzene rings is 2. The van der Waals surface area contributed by atoms with E-state index >= 15 is 0 Å². The number of esters is 1. The van der Waals surface area contributed by atoms with E-state index in [1.807, 2.05) is 0 Å². The molecule has 5 nitrogen and oxygen atoms in total. The lowest BCUT2D eigenvalue weighted by molar-refractivity contribution is 0.0728. The van der Waals surface area contributed by atoms with Gasteiger partial charge in [0.05, 0.1) is 5.39 Å². The molecule has 22 heavy (non-hydrogen) atoms. The predicted octanol–water partition coefficient (Wildman–Crippen LogP) is 2.92. The Labute approximate surface area is 134 Å². The number of hydrogen-bond acceptors (Lipinski definition) is 4. The SMILES string of the molecule is Cn1nc(C(=O)Oc2ccc(Br)cc2)c2ccccc2c1=O. The molecule has 0 saturated carbocycles. The van der Waals surface area contributed by atoms with Crippen molar-refractivity contribution >= 4 is 32.7 Å². The summed E-state index contributed by atoms with van der Waals surface area (Å²) >= 11 is 3.32. The molecule has 0 atom stereocenters. The zero-order valence-electron chi connectivity index (χ0n) is 11.6. The summed E-state index contributed by atoms with van der Waals surface area (Å²) in [6, 6.07) is 13.7. The van der Waals surface area contributed by atoms with Gasteiger partial charge in [0.2, 0.25) is 0 Å². The number of carbonyl (C=O) groups excluding carboxylic acids is 1. The number of carbonyl (C=O) groups is 1. The third-order valence-corrected chi connectivity index (χ3v) is 3.70. The van der Waals surface area contributed by atoms with Crippen molar-refractivity contribution < 1.29 is 9.53 Å². The Morgan fingerprint density at radius 2 is 1.73 bits per heavy atom. The maximum Gasteiger partial charge on any atom is 0.364 e. The molecule has 0 aliphatic carbocycles. The van der Waals surface area contributed by atoms with Crippen LogP contribution >= 0.6 is 15.9 Å². The number of ether oxygens (including phenoxy) is 1. The van der Waals surface area contributed by atoms with Gasteiger partial charge in [0.15, 0.2) is 5.69 Å². The van der Waals surface area contributed by atoms with E-state index in [0.717, 1.165) is 9.15 Å². The van der Waals surface area contributed by atoms with Gasteiger partial charge in [0.1, 0.15) is 5.75 Å². The highest BCUT2D eigenvalue weighted by Crippen LogP contribution is 2.19. The van der Waals surface area contributed by atoms with Gasteiger partial charge in [0.25, 0.3) is 5.56 Å². The third-order valence-electron chi connectivity index (χ3n) is 3.17. The van der Waals surface area contributed by atoms with Crippen molar-refractivity contribution in [1.29, 1.82) is 0 Å². The Morgan fingerprint density at radius 3 is 2.41 bits per heavy atom. The van der Waals surface area contributed by atoms with Crippen LogP contribution in [0.1, 0.15) is 10.5 Å². The topological polar surface area (TPSA) is 61.2 Å². The second-order valence-electron chi connectivity index (χ2n) is 4.67. The van der Waals surface area contributed by atoms with Crippen LogP contribution in [0.3, 0.4) is 0 Å². The fourth-order valence-electron chi connectivity index (χ4n) is 2.11. The molecule has 0 amide bonds. The summed E-state index contributed by atoms with van der Waals surface area (Å²) in [5, 5.41) is 4.95. The van der Waals surface area contributed by atoms with Crippen LogP contribution in [0.2, 0.25) is 0 Å². The van der Waals surface area contributed by atoms with E-state index in [0.29, 0.717) is 16.5 Å². The molecule has 110 valence electrons. The number of fused-ring (bicyclic) bond motifs is 1. The van der Waals surface area contributed by atoms with Gasteiger partial charge in [-0.15, -0.1) is 0 Å². The van der Waals surface area contributed by atoms with Crippen LogP contribution in [-0.2, 0) is 7.05 Å². The summed E-state index contributed by atoms with van der Waals surface area (Å²) in [6.45, 7) is 0. The Morgan fingerprint density at radius 1 is 1.09 bits per heavy atom. The van der Waals surface area contributed by atoms with E-state index in [1.54, 1.807) is 48.5 Å². The van der Waals surface area contributed by atoms with Crippen LogP contribution in [0.25, 0.3) is 10.8 Å². The molecule has 0 radical (unpaired) electrons. The molecule has 1 aromatic heterocycles. The quantitative estimate of drug-likeness (QED) is 0.522. The van der Waals surface area contributed by atoms with E-state index in [9.17, 15) is 9.59 Å². The largest absolute Gasteiger partial charge is 0.422 e. The fourth-order valence-corrected chi connectivity index (χ4v) is 2.37. The van der Waals surface area contributed by atoms with Crippen molar-refractivity contribution in [2.45, 2.75) is 0 Å². The summed E-state index contributed by atoms with van der Waals surface area (Å²) < 4.78 is 7.35. The molecule has 1 heterocycles. The summed E-state index contributed by atoms with van der Waals surface area (Å²) in [7, 11) is 1.51. The molecular weight excluding hydrogens is 348 g/mol. The zero-order chi connectivity index (χ0) is 15.7. The molecule has 0 saturated heterocycles. The first kappa shape index (κ1) is 14.5. The first-order valence-corrected chi connectivity index (χ1v) is 7.29. The first-order valence-electron chi connectivity index (χ1n) is 6.50. The van der Waals surface area contributed by atoms with E-state index in [1.165, 1.54) is 7.05 Å². The third kappa shape index (κ3) is 2.65. The van der Waals surface area contributed by atoms with Gasteiger partial charge >= 0.3 is 5.97 Å². The lowest BCUT2D eigenvalue weighted by atomic mass is 10.1. The average molecular weight is 359 g/mol. The van der Waals surface area contributed by atoms with Gasteiger partial charge in [0, 0.05) is 16.9 Å². The molecule has 0 aliphatic heterocycles. The molecule has 0 N–H and O–H groups in total. The van der Waals surface area contributed by atoms with Gasteiger partial charge in [-0.05, 0) is 30.3 Å². The summed E-state index contributed by atoms with van der Waals surface area (Å²) in [6.07, 6.45) is 0. The van der Waals surface area contributed by atoms with Crippen LogP contribution in [0, 0.1) is 0 Å². The first-order chi connectivity index (χ1) is 10.6. The van der Waals surface area contributed by atoms with E-state index in [4.69, 9.17) is 4.74 Å². The lowest BCUT2D eigenvalue weighted by Gasteiger charge is -2.08. The van der Waals surface area contributed by atoms with E-state index < -0.39 is 5.97 Å². The fraction of sp³-hybridized carbons (Fsp3) is 0.0625. The Bertz CT molecular complexity index is 917. The highest BCUT2D eigenvalue weighted by molar-refractivity contribution is 9.10. The summed E-state index contributed by atoms with van der Waals surface area (Å²) in [4.78, 5) is 24.4. The molecule has 0 unspecified atom stereocenters. The standard InChI is InChI=1S/C16H11BrN2O3/c1-19-15(20)13-5-3-2-4-12(13)14(18-19)16(21)22-11-8-6-10(17)7-9-11/h2-9H,1H3. The highest BCUT2D eigenvalue weighted by atomic mass is 79.9. The van der Waals surface area contributed by atoms with Crippen LogP contribution in [0.15, 0.2) is 57.8 Å². The molecule has 0 fully saturated rings. The number of aromatic nitrogens is 2. The minimum absolute atomic E-state index is 0.112. The number of rotatable bonds is 2. The molecular formula is C16H11BrN2O3. The van der Waals surface area contributed by atoms with Crippen molar-refractivity contribution in [2.75, 3.05) is 0 Å². The molecule has 2 aromatic carbocycles. The number of hydrogen-bond donors (Lipinski definition) is 0. The number of nitrogens with zero attached hydrogens (tertiary/aromatic N) is 2. The molecule has 3 rings (SSSR count). The predicted molar refractivity (Wildman–Crippen MR) is 86.1 cm³/mol. The minimum Gasteiger partial charge on any atom is -0.422 e. The molecule has 0 spiro atoms. The van der Waals surface area contributed by atoms with E-state index in [-0.39, 0.29) is 11.3 Å². The Kier molecular flexibility index (Phi) is 3.77. The number of halogens is 1. The van der Waals surface area contributed by atoms with Gasteiger partial charge in [-0.25, -0.2) is 9.48 Å². The van der Waals surface area contributed by atoms with Crippen LogP contribution in [0.4, 0.5) is 0 Å². The van der Waals surface area contributed by atoms with Crippen LogP contribution < -0.4 is 10.3 Å². The van der Waals surface area contributed by atoms with Gasteiger partial charge < -0.3 is 4.74 Å². The Balaban J connectivity index is 2.06. The van der Waals surface area contributed by atoms with Crippen molar-refractivity contribution in [2.24, 2.45) is 7.05 Å². The number of aryl methyl sites for hydroxylation is 1. The molecule has 0 bridgehead atoms. The summed E-state index contributed by atoms with van der Waals surface area (Å²) in [5.74, 6) is -0.193. The van der Waals surface area contributed by atoms with Crippen molar-refractivity contribution in [3.05, 3.63) is 69.1 Å². The van der Waals surface area contributed by atoms with E-state index in [2.05, 4.69) is 21.0 Å². The smallest absolute Gasteiger partial charge is 0.364 e. The Hall–Kier alpha value is -2.47. The van der Waals surface area contributed by atoms with Gasteiger partial charge in [-0.2, -0.15) is 5.10 Å². The van der Waals surface area contributed by atoms with Crippen molar-refractivity contribution in [1.82, 2.24) is 9.78 Å². The lowest BCUT2D eigenvalue weighted by Crippen LogP contribution is -2.24. The normalized spacial score (nSPS) is 10.6. The van der Waals surface area contributed by atoms with Gasteiger partial charge in [-0.3, -0.25) is 4.79 Å². The van der Waals surface area contributed by atoms with Crippen LogP contribution in [0.5, 0.6) is 5.75 Å². The zero-order valence-corrected chi connectivity index (χ0v) is 13.2. The average Bonchev–Trinajstić information content (AvgIpc) is 2.53. The second-order valence-corrected chi connectivity index (χ2v) is 5.58. The maximum atomic E-state index is 12.4. The summed E-state index contributed by atoms with van der Waals surface area (Å²) in [5.41, 5.74) is -0.142. The molecule has 3 aromatic rings.